The number of hydrogen-bond acceptors (Lipinski definition) is 2. The van der Waals surface area contributed by atoms with Crippen LogP contribution in [0.25, 0.3) is 0 Å². The first-order chi connectivity index (χ1) is 5.71. The van der Waals surface area contributed by atoms with E-state index in [9.17, 15) is 26.3 Å². The molecule has 0 saturated carbocycles. The first-order valence-electron chi connectivity index (χ1n) is 2.94. The minimum Gasteiger partial charge on any atom is -0.167 e. The van der Waals surface area contributed by atoms with Gasteiger partial charge in [-0.25, -0.2) is 0 Å². The minimum absolute atomic E-state index is 0.118. The standard InChI is InChI=1S/C5H2F6N2/c6-4(7,8)3(5(9,10)11)1-2-12-13-3/h1-2H. The van der Waals surface area contributed by atoms with E-state index in [-0.39, 0.29) is 6.08 Å². The molecule has 0 saturated heterocycles. The first-order valence-corrected chi connectivity index (χ1v) is 2.94. The van der Waals surface area contributed by atoms with Crippen LogP contribution in [0.3, 0.4) is 0 Å². The van der Waals surface area contributed by atoms with E-state index in [0.29, 0.717) is 6.20 Å². The number of hydrogen-bond donors (Lipinski definition) is 0. The third-order valence-corrected chi connectivity index (χ3v) is 1.46. The van der Waals surface area contributed by atoms with Gasteiger partial charge in [-0.2, -0.15) is 36.6 Å². The predicted molar refractivity (Wildman–Crippen MR) is 28.8 cm³/mol. The molecule has 0 aromatic rings. The number of alkyl halides is 6. The van der Waals surface area contributed by atoms with E-state index in [1.807, 2.05) is 0 Å². The highest BCUT2D eigenvalue weighted by molar-refractivity contribution is 5.18. The fourth-order valence-electron chi connectivity index (χ4n) is 0.762. The summed E-state index contributed by atoms with van der Waals surface area (Å²) in [7, 11) is 0. The maximum Gasteiger partial charge on any atom is 0.428 e. The van der Waals surface area contributed by atoms with Gasteiger partial charge in [-0.05, 0) is 6.08 Å². The summed E-state index contributed by atoms with van der Waals surface area (Å²) in [5, 5.41) is 4.75. The summed E-state index contributed by atoms with van der Waals surface area (Å²) >= 11 is 0. The zero-order chi connectivity index (χ0) is 10.3. The highest BCUT2D eigenvalue weighted by atomic mass is 19.4. The van der Waals surface area contributed by atoms with E-state index in [1.165, 1.54) is 0 Å². The Balaban J connectivity index is 3.19. The minimum atomic E-state index is -5.51. The van der Waals surface area contributed by atoms with Crippen LogP contribution >= 0.6 is 0 Å². The Morgan fingerprint density at radius 1 is 0.923 bits per heavy atom. The van der Waals surface area contributed by atoms with Crippen molar-refractivity contribution >= 4 is 0 Å². The molecule has 74 valence electrons. The van der Waals surface area contributed by atoms with Crippen LogP contribution < -0.4 is 0 Å². The van der Waals surface area contributed by atoms with Gasteiger partial charge in [-0.1, -0.05) is 0 Å². The van der Waals surface area contributed by atoms with Crippen LogP contribution in [0.1, 0.15) is 0 Å². The Hall–Kier alpha value is -1.08. The summed E-state index contributed by atoms with van der Waals surface area (Å²) in [6.45, 7) is 0. The molecule has 0 aromatic carbocycles. The molecular formula is C5H2F6N2. The van der Waals surface area contributed by atoms with Crippen molar-refractivity contribution in [1.82, 2.24) is 0 Å². The van der Waals surface area contributed by atoms with Gasteiger partial charge in [0, 0.05) is 6.20 Å². The van der Waals surface area contributed by atoms with Crippen LogP contribution in [0.2, 0.25) is 0 Å². The van der Waals surface area contributed by atoms with E-state index < -0.39 is 17.9 Å². The van der Waals surface area contributed by atoms with E-state index in [1.54, 1.807) is 0 Å². The number of halogens is 6. The molecule has 0 atom stereocenters. The summed E-state index contributed by atoms with van der Waals surface area (Å²) in [6, 6.07) is 0. The van der Waals surface area contributed by atoms with Gasteiger partial charge in [0.2, 0.25) is 0 Å². The second kappa shape index (κ2) is 2.46. The summed E-state index contributed by atoms with van der Waals surface area (Å²) in [5.41, 5.74) is -4.15. The molecule has 1 rings (SSSR count). The van der Waals surface area contributed by atoms with Gasteiger partial charge in [0.05, 0.1) is 0 Å². The topological polar surface area (TPSA) is 24.7 Å². The van der Waals surface area contributed by atoms with Gasteiger partial charge in [-0.3, -0.25) is 0 Å². The summed E-state index contributed by atoms with van der Waals surface area (Å²) in [5.74, 6) is 0. The van der Waals surface area contributed by atoms with Crippen LogP contribution in [0, 0.1) is 0 Å². The molecule has 13 heavy (non-hydrogen) atoms. The Kier molecular flexibility index (Phi) is 1.89. The SMILES string of the molecule is FC(F)(F)C1(C(F)(F)F)C=CN=N1. The number of azo groups is 1. The molecule has 0 bridgehead atoms. The maximum absolute atomic E-state index is 12.0. The van der Waals surface area contributed by atoms with Gasteiger partial charge in [0.1, 0.15) is 0 Å². The molecule has 0 fully saturated rings. The lowest BCUT2D eigenvalue weighted by molar-refractivity contribution is -0.278. The molecule has 0 amide bonds. The molecule has 0 unspecified atom stereocenters. The zero-order valence-electron chi connectivity index (χ0n) is 5.82. The van der Waals surface area contributed by atoms with Gasteiger partial charge in [0.15, 0.2) is 0 Å². The fraction of sp³-hybridized carbons (Fsp3) is 0.600. The quantitative estimate of drug-likeness (QED) is 0.542. The van der Waals surface area contributed by atoms with Crippen molar-refractivity contribution in [2.24, 2.45) is 10.2 Å². The largest absolute Gasteiger partial charge is 0.428 e. The van der Waals surface area contributed by atoms with Crippen molar-refractivity contribution in [1.29, 1.82) is 0 Å². The smallest absolute Gasteiger partial charge is 0.167 e. The Bertz CT molecular complexity index is 231. The second-order valence-corrected chi connectivity index (χ2v) is 2.29. The average Bonchev–Trinajstić information content (AvgIpc) is 2.28. The van der Waals surface area contributed by atoms with E-state index in [2.05, 4.69) is 10.2 Å². The molecule has 0 aromatic heterocycles. The molecule has 0 N–H and O–H groups in total. The van der Waals surface area contributed by atoms with Crippen molar-refractivity contribution in [3.63, 3.8) is 0 Å². The van der Waals surface area contributed by atoms with Crippen molar-refractivity contribution in [3.05, 3.63) is 12.3 Å². The number of rotatable bonds is 0. The van der Waals surface area contributed by atoms with Crippen molar-refractivity contribution in [3.8, 4) is 0 Å². The lowest BCUT2D eigenvalue weighted by Gasteiger charge is -2.27. The second-order valence-electron chi connectivity index (χ2n) is 2.29. The van der Waals surface area contributed by atoms with Crippen molar-refractivity contribution in [2.45, 2.75) is 17.9 Å². The Morgan fingerprint density at radius 2 is 1.38 bits per heavy atom. The molecule has 0 spiro atoms. The maximum atomic E-state index is 12.0. The van der Waals surface area contributed by atoms with Crippen LogP contribution in [-0.2, 0) is 0 Å². The van der Waals surface area contributed by atoms with Crippen LogP contribution in [0.5, 0.6) is 0 Å². The lowest BCUT2D eigenvalue weighted by Crippen LogP contribution is -2.52. The lowest BCUT2D eigenvalue weighted by atomic mass is 10.0. The molecule has 0 radical (unpaired) electrons. The van der Waals surface area contributed by atoms with Crippen molar-refractivity contribution < 1.29 is 26.3 Å². The van der Waals surface area contributed by atoms with Crippen LogP contribution in [0.4, 0.5) is 26.3 Å². The summed E-state index contributed by atoms with van der Waals surface area (Å²) in [6.07, 6.45) is -10.8. The van der Waals surface area contributed by atoms with E-state index >= 15 is 0 Å². The summed E-state index contributed by atoms with van der Waals surface area (Å²) in [4.78, 5) is 0. The highest BCUT2D eigenvalue weighted by Gasteiger charge is 2.71. The van der Waals surface area contributed by atoms with Crippen LogP contribution in [-0.4, -0.2) is 17.9 Å². The normalized spacial score (nSPS) is 21.1. The molecule has 1 aliphatic heterocycles. The van der Waals surface area contributed by atoms with Gasteiger partial charge in [-0.15, -0.1) is 0 Å². The highest BCUT2D eigenvalue weighted by Crippen LogP contribution is 2.48. The average molecular weight is 204 g/mol. The van der Waals surface area contributed by atoms with Gasteiger partial charge >= 0.3 is 12.4 Å². The monoisotopic (exact) mass is 204 g/mol. The molecule has 1 heterocycles. The molecule has 0 aliphatic carbocycles. The first kappa shape index (κ1) is 10.0. The Labute approximate surface area is 67.9 Å². The predicted octanol–water partition coefficient (Wildman–Crippen LogP) is 2.83. The zero-order valence-corrected chi connectivity index (χ0v) is 5.82. The fourth-order valence-corrected chi connectivity index (χ4v) is 0.762. The molecule has 1 aliphatic rings. The van der Waals surface area contributed by atoms with E-state index in [0.717, 1.165) is 0 Å². The number of nitrogens with zero attached hydrogens (tertiary/aromatic N) is 2. The Morgan fingerprint density at radius 3 is 1.54 bits per heavy atom. The molecule has 2 nitrogen and oxygen atoms in total. The molecule has 8 heteroatoms. The third-order valence-electron chi connectivity index (χ3n) is 1.46. The molecular weight excluding hydrogens is 202 g/mol. The van der Waals surface area contributed by atoms with Gasteiger partial charge < -0.3 is 0 Å². The summed E-state index contributed by atoms with van der Waals surface area (Å²) < 4.78 is 71.9. The van der Waals surface area contributed by atoms with Crippen LogP contribution in [0.15, 0.2) is 22.5 Å². The van der Waals surface area contributed by atoms with E-state index in [4.69, 9.17) is 0 Å². The third kappa shape index (κ3) is 1.29. The van der Waals surface area contributed by atoms with Gasteiger partial charge in [0.25, 0.3) is 5.54 Å². The van der Waals surface area contributed by atoms with Crippen molar-refractivity contribution in [2.75, 3.05) is 0 Å².